The average molecular weight is 457 g/mol. The van der Waals surface area contributed by atoms with Crippen molar-refractivity contribution in [1.82, 2.24) is 9.71 Å². The maximum absolute atomic E-state index is 13.5. The number of aliphatic hydroxyl groups is 1. The second-order valence-electron chi connectivity index (χ2n) is 6.90. The SMILES string of the molecule is Cc1ccc(S(=O)N[C@H](c2cccnc2)[C@H](/C=C\CO)S(=O)(=O)c2ccccc2)cc1. The highest BCUT2D eigenvalue weighted by Gasteiger charge is 2.35. The van der Waals surface area contributed by atoms with E-state index in [2.05, 4.69) is 9.71 Å². The molecule has 0 saturated carbocycles. The molecule has 1 heterocycles. The fourth-order valence-electron chi connectivity index (χ4n) is 3.09. The predicted molar refractivity (Wildman–Crippen MR) is 121 cm³/mol. The van der Waals surface area contributed by atoms with Gasteiger partial charge in [-0.3, -0.25) is 4.98 Å². The Morgan fingerprint density at radius 2 is 1.77 bits per heavy atom. The van der Waals surface area contributed by atoms with Gasteiger partial charge in [0, 0.05) is 12.4 Å². The summed E-state index contributed by atoms with van der Waals surface area (Å²) in [7, 11) is -5.56. The first-order valence-electron chi connectivity index (χ1n) is 9.64. The first kappa shape index (κ1) is 23.0. The highest BCUT2D eigenvalue weighted by atomic mass is 32.2. The van der Waals surface area contributed by atoms with Gasteiger partial charge in [-0.05, 0) is 42.8 Å². The van der Waals surface area contributed by atoms with Crippen LogP contribution in [0.25, 0.3) is 0 Å². The van der Waals surface area contributed by atoms with Gasteiger partial charge in [0.1, 0.15) is 16.2 Å². The zero-order valence-electron chi connectivity index (χ0n) is 17.0. The standard InChI is InChI=1S/C23H24N2O4S2/c1-18-11-13-20(14-12-18)30(27)25-23(19-7-5-15-24-17-19)22(10-6-16-26)31(28,29)21-8-3-2-4-9-21/h2-15,17,22-23,25-26H,16H2,1H3/b10-6-/t22-,23+,30?/m0/s1. The molecule has 3 aromatic rings. The van der Waals surface area contributed by atoms with Crippen LogP contribution in [0.3, 0.4) is 0 Å². The van der Waals surface area contributed by atoms with Gasteiger partial charge in [-0.15, -0.1) is 0 Å². The molecule has 1 aromatic heterocycles. The summed E-state index contributed by atoms with van der Waals surface area (Å²) in [4.78, 5) is 4.77. The van der Waals surface area contributed by atoms with Crippen LogP contribution >= 0.6 is 0 Å². The third-order valence-corrected chi connectivity index (χ3v) is 7.95. The van der Waals surface area contributed by atoms with Crippen molar-refractivity contribution in [3.8, 4) is 0 Å². The van der Waals surface area contributed by atoms with Crippen molar-refractivity contribution in [2.75, 3.05) is 6.61 Å². The molecule has 3 rings (SSSR count). The lowest BCUT2D eigenvalue weighted by atomic mass is 10.1. The maximum atomic E-state index is 13.5. The molecule has 0 aliphatic carbocycles. The van der Waals surface area contributed by atoms with Gasteiger partial charge in [0.2, 0.25) is 0 Å². The number of aliphatic hydroxyl groups excluding tert-OH is 1. The van der Waals surface area contributed by atoms with Crippen LogP contribution < -0.4 is 4.72 Å². The molecule has 0 spiro atoms. The van der Waals surface area contributed by atoms with Crippen molar-refractivity contribution in [2.45, 2.75) is 28.0 Å². The molecular formula is C23H24N2O4S2. The summed E-state index contributed by atoms with van der Waals surface area (Å²) in [5.41, 5.74) is 1.59. The van der Waals surface area contributed by atoms with Gasteiger partial charge < -0.3 is 5.11 Å². The van der Waals surface area contributed by atoms with Crippen LogP contribution in [0.4, 0.5) is 0 Å². The van der Waals surface area contributed by atoms with Crippen LogP contribution in [0.5, 0.6) is 0 Å². The fraction of sp³-hybridized carbons (Fsp3) is 0.174. The van der Waals surface area contributed by atoms with E-state index >= 15 is 0 Å². The normalized spacial score (nSPS) is 14.9. The van der Waals surface area contributed by atoms with Crippen LogP contribution in [0.1, 0.15) is 17.2 Å². The lowest BCUT2D eigenvalue weighted by molar-refractivity contribution is 0.342. The van der Waals surface area contributed by atoms with E-state index in [0.29, 0.717) is 10.5 Å². The fourth-order valence-corrected chi connectivity index (χ4v) is 5.96. The number of nitrogens with one attached hydrogen (secondary N) is 1. The molecular weight excluding hydrogens is 432 g/mol. The summed E-state index contributed by atoms with van der Waals surface area (Å²) < 4.78 is 43.1. The Morgan fingerprint density at radius 1 is 1.06 bits per heavy atom. The monoisotopic (exact) mass is 456 g/mol. The topological polar surface area (TPSA) is 96.4 Å². The van der Waals surface area contributed by atoms with Crippen molar-refractivity contribution in [1.29, 1.82) is 0 Å². The molecule has 1 unspecified atom stereocenters. The Hall–Kier alpha value is -2.65. The molecule has 0 fully saturated rings. The second kappa shape index (κ2) is 10.6. The van der Waals surface area contributed by atoms with Gasteiger partial charge in [-0.2, -0.15) is 0 Å². The molecule has 6 nitrogen and oxygen atoms in total. The summed E-state index contributed by atoms with van der Waals surface area (Å²) >= 11 is 0. The summed E-state index contributed by atoms with van der Waals surface area (Å²) in [5.74, 6) is 0. The van der Waals surface area contributed by atoms with Crippen LogP contribution in [-0.2, 0) is 20.8 Å². The largest absolute Gasteiger partial charge is 0.392 e. The van der Waals surface area contributed by atoms with Crippen molar-refractivity contribution in [3.05, 3.63) is 102 Å². The number of hydrogen-bond acceptors (Lipinski definition) is 5. The van der Waals surface area contributed by atoms with E-state index in [1.165, 1.54) is 24.3 Å². The van der Waals surface area contributed by atoms with Gasteiger partial charge >= 0.3 is 0 Å². The Balaban J connectivity index is 2.07. The molecule has 162 valence electrons. The van der Waals surface area contributed by atoms with E-state index in [9.17, 15) is 17.7 Å². The minimum Gasteiger partial charge on any atom is -0.392 e. The van der Waals surface area contributed by atoms with Gasteiger partial charge in [-0.1, -0.05) is 54.1 Å². The zero-order valence-corrected chi connectivity index (χ0v) is 18.6. The molecule has 2 N–H and O–H groups in total. The number of nitrogens with zero attached hydrogens (tertiary/aromatic N) is 1. The minimum atomic E-state index is -3.88. The van der Waals surface area contributed by atoms with Crippen molar-refractivity contribution < 1.29 is 17.7 Å². The quantitative estimate of drug-likeness (QED) is 0.482. The van der Waals surface area contributed by atoms with Gasteiger partial charge in [0.05, 0.1) is 22.4 Å². The van der Waals surface area contributed by atoms with Crippen LogP contribution in [0.2, 0.25) is 0 Å². The molecule has 0 radical (unpaired) electrons. The number of benzene rings is 2. The maximum Gasteiger partial charge on any atom is 0.186 e. The van der Waals surface area contributed by atoms with Gasteiger partial charge in [0.15, 0.2) is 9.84 Å². The molecule has 0 saturated heterocycles. The van der Waals surface area contributed by atoms with Gasteiger partial charge in [-0.25, -0.2) is 17.3 Å². The number of aromatic nitrogens is 1. The second-order valence-corrected chi connectivity index (χ2v) is 10.2. The van der Waals surface area contributed by atoms with E-state index in [1.54, 1.807) is 54.9 Å². The van der Waals surface area contributed by atoms with Crippen LogP contribution in [0.15, 0.2) is 101 Å². The highest BCUT2D eigenvalue weighted by Crippen LogP contribution is 2.29. The molecule has 2 aromatic carbocycles. The molecule has 0 aliphatic heterocycles. The summed E-state index contributed by atoms with van der Waals surface area (Å²) in [5, 5.41) is 8.19. The van der Waals surface area contributed by atoms with Gasteiger partial charge in [0.25, 0.3) is 0 Å². The van der Waals surface area contributed by atoms with E-state index in [1.807, 2.05) is 19.1 Å². The van der Waals surface area contributed by atoms with E-state index in [-0.39, 0.29) is 11.5 Å². The van der Waals surface area contributed by atoms with Crippen LogP contribution in [-0.4, -0.2) is 34.6 Å². The average Bonchev–Trinajstić information content (AvgIpc) is 2.80. The van der Waals surface area contributed by atoms with E-state index < -0.39 is 32.1 Å². The zero-order chi connectivity index (χ0) is 22.3. The summed E-state index contributed by atoms with van der Waals surface area (Å²) in [6.45, 7) is 1.61. The lowest BCUT2D eigenvalue weighted by Gasteiger charge is -2.26. The third-order valence-electron chi connectivity index (χ3n) is 4.70. The molecule has 3 atom stereocenters. The van der Waals surface area contributed by atoms with E-state index in [0.717, 1.165) is 5.56 Å². The molecule has 8 heteroatoms. The highest BCUT2D eigenvalue weighted by molar-refractivity contribution is 7.92. The Labute approximate surface area is 185 Å². The molecule has 0 bridgehead atoms. The lowest BCUT2D eigenvalue weighted by Crippen LogP contribution is -2.37. The van der Waals surface area contributed by atoms with Crippen molar-refractivity contribution in [3.63, 3.8) is 0 Å². The molecule has 0 aliphatic rings. The number of sulfone groups is 1. The van der Waals surface area contributed by atoms with E-state index in [4.69, 9.17) is 0 Å². The number of pyridine rings is 1. The van der Waals surface area contributed by atoms with Crippen molar-refractivity contribution in [2.24, 2.45) is 0 Å². The number of hydrogen-bond donors (Lipinski definition) is 2. The van der Waals surface area contributed by atoms with Crippen molar-refractivity contribution >= 4 is 20.8 Å². The first-order chi connectivity index (χ1) is 14.9. The Morgan fingerprint density at radius 3 is 2.39 bits per heavy atom. The predicted octanol–water partition coefficient (Wildman–Crippen LogP) is 3.13. The Kier molecular flexibility index (Phi) is 7.86. The minimum absolute atomic E-state index is 0.138. The smallest absolute Gasteiger partial charge is 0.186 e. The summed E-state index contributed by atoms with van der Waals surface area (Å²) in [6.07, 6.45) is 5.94. The van der Waals surface area contributed by atoms with Crippen LogP contribution in [0, 0.1) is 6.92 Å². The Bertz CT molecular complexity index is 1130. The summed E-state index contributed by atoms with van der Waals surface area (Å²) in [6, 6.07) is 17.8. The molecule has 0 amide bonds. The number of rotatable bonds is 9. The first-order valence-corrected chi connectivity index (χ1v) is 12.3. The third kappa shape index (κ3) is 5.74. The molecule has 31 heavy (non-hydrogen) atoms. The number of aryl methyl sites for hydroxylation is 1.